The minimum Gasteiger partial charge on any atom is -0.343 e. The molecule has 0 aromatic heterocycles. The Hall–Kier alpha value is -0.610. The Morgan fingerprint density at radius 1 is 1.16 bits per heavy atom. The molecule has 1 atom stereocenters. The molecule has 1 N–H and O–H groups in total. The normalized spacial score (nSPS) is 19.7. The van der Waals surface area contributed by atoms with Gasteiger partial charge in [0.2, 0.25) is 5.91 Å². The van der Waals surface area contributed by atoms with E-state index in [9.17, 15) is 4.79 Å². The highest BCUT2D eigenvalue weighted by atomic mass is 16.2. The van der Waals surface area contributed by atoms with Crippen LogP contribution in [-0.2, 0) is 4.79 Å². The zero-order chi connectivity index (χ0) is 14.1. The molecule has 0 aromatic rings. The molecule has 0 aliphatic carbocycles. The van der Waals surface area contributed by atoms with Crippen LogP contribution >= 0.6 is 0 Å². The van der Waals surface area contributed by atoms with Crippen LogP contribution in [-0.4, -0.2) is 61.5 Å². The summed E-state index contributed by atoms with van der Waals surface area (Å²) in [6, 6.07) is 0. The molecule has 0 unspecified atom stereocenters. The Morgan fingerprint density at radius 3 is 2.42 bits per heavy atom. The fourth-order valence-corrected chi connectivity index (χ4v) is 2.77. The zero-order valence-electron chi connectivity index (χ0n) is 13.0. The molecule has 0 bridgehead atoms. The van der Waals surface area contributed by atoms with Crippen LogP contribution in [0.1, 0.15) is 40.0 Å². The van der Waals surface area contributed by atoms with E-state index in [0.29, 0.717) is 5.91 Å². The SMILES string of the molecule is CCN(CC)CCCN(CC)C(=O)[C@@H]1CCCNC1. The van der Waals surface area contributed by atoms with Gasteiger partial charge >= 0.3 is 0 Å². The first kappa shape index (κ1) is 16.4. The van der Waals surface area contributed by atoms with Crippen LogP contribution in [0.4, 0.5) is 0 Å². The van der Waals surface area contributed by atoms with E-state index in [2.05, 4.69) is 31.0 Å². The lowest BCUT2D eigenvalue weighted by atomic mass is 9.98. The summed E-state index contributed by atoms with van der Waals surface area (Å²) >= 11 is 0. The number of carbonyl (C=O) groups excluding carboxylic acids is 1. The van der Waals surface area contributed by atoms with E-state index < -0.39 is 0 Å². The van der Waals surface area contributed by atoms with Gasteiger partial charge in [0.05, 0.1) is 5.92 Å². The van der Waals surface area contributed by atoms with E-state index in [0.717, 1.165) is 65.1 Å². The van der Waals surface area contributed by atoms with Gasteiger partial charge in [-0.05, 0) is 52.4 Å². The molecule has 1 rings (SSSR count). The summed E-state index contributed by atoms with van der Waals surface area (Å²) in [6.45, 7) is 13.5. The van der Waals surface area contributed by atoms with E-state index in [-0.39, 0.29) is 5.92 Å². The predicted octanol–water partition coefficient (Wildman–Crippen LogP) is 1.57. The molecule has 4 heteroatoms. The molecule has 0 saturated carbocycles. The number of nitrogens with zero attached hydrogens (tertiary/aromatic N) is 2. The first-order valence-electron chi connectivity index (χ1n) is 7.94. The Kier molecular flexibility index (Phi) is 8.07. The van der Waals surface area contributed by atoms with Crippen molar-refractivity contribution in [1.82, 2.24) is 15.1 Å². The van der Waals surface area contributed by atoms with Gasteiger partial charge in [0.1, 0.15) is 0 Å². The molecule has 0 radical (unpaired) electrons. The molecule has 4 nitrogen and oxygen atoms in total. The monoisotopic (exact) mass is 269 g/mol. The molecular weight excluding hydrogens is 238 g/mol. The van der Waals surface area contributed by atoms with Crippen molar-refractivity contribution < 1.29 is 4.79 Å². The molecule has 1 aliphatic heterocycles. The van der Waals surface area contributed by atoms with Crippen LogP contribution in [0.15, 0.2) is 0 Å². The number of carbonyl (C=O) groups is 1. The maximum absolute atomic E-state index is 12.4. The Balaban J connectivity index is 2.33. The first-order valence-corrected chi connectivity index (χ1v) is 7.94. The minimum absolute atomic E-state index is 0.210. The number of piperidine rings is 1. The van der Waals surface area contributed by atoms with Crippen LogP contribution < -0.4 is 5.32 Å². The molecule has 19 heavy (non-hydrogen) atoms. The summed E-state index contributed by atoms with van der Waals surface area (Å²) in [4.78, 5) is 16.9. The van der Waals surface area contributed by atoms with Gasteiger partial charge in [0.15, 0.2) is 0 Å². The lowest BCUT2D eigenvalue weighted by molar-refractivity contribution is -0.136. The Labute approximate surface area is 118 Å². The largest absolute Gasteiger partial charge is 0.343 e. The van der Waals surface area contributed by atoms with E-state index in [1.807, 2.05) is 4.90 Å². The highest BCUT2D eigenvalue weighted by Crippen LogP contribution is 2.13. The topological polar surface area (TPSA) is 35.6 Å². The van der Waals surface area contributed by atoms with E-state index in [4.69, 9.17) is 0 Å². The highest BCUT2D eigenvalue weighted by molar-refractivity contribution is 5.79. The zero-order valence-corrected chi connectivity index (χ0v) is 13.0. The number of hydrogen-bond acceptors (Lipinski definition) is 3. The second-order valence-electron chi connectivity index (χ2n) is 5.34. The van der Waals surface area contributed by atoms with Gasteiger partial charge in [0.25, 0.3) is 0 Å². The summed E-state index contributed by atoms with van der Waals surface area (Å²) < 4.78 is 0. The van der Waals surface area contributed by atoms with Crippen molar-refractivity contribution in [2.45, 2.75) is 40.0 Å². The van der Waals surface area contributed by atoms with Crippen molar-refractivity contribution in [3.05, 3.63) is 0 Å². The molecule has 1 fully saturated rings. The Morgan fingerprint density at radius 2 is 1.89 bits per heavy atom. The maximum atomic E-state index is 12.4. The average molecular weight is 269 g/mol. The summed E-state index contributed by atoms with van der Waals surface area (Å²) in [7, 11) is 0. The number of amides is 1. The van der Waals surface area contributed by atoms with Gasteiger partial charge < -0.3 is 15.1 Å². The van der Waals surface area contributed by atoms with E-state index in [1.165, 1.54) is 0 Å². The van der Waals surface area contributed by atoms with Gasteiger partial charge in [-0.15, -0.1) is 0 Å². The average Bonchev–Trinajstić information content (AvgIpc) is 2.48. The molecular formula is C15H31N3O. The van der Waals surface area contributed by atoms with Crippen LogP contribution in [0, 0.1) is 5.92 Å². The fourth-order valence-electron chi connectivity index (χ4n) is 2.77. The standard InChI is InChI=1S/C15H31N3O/c1-4-17(5-2)11-8-12-18(6-3)15(19)14-9-7-10-16-13-14/h14,16H,4-13H2,1-3H3/t14-/m1/s1. The molecule has 0 aromatic carbocycles. The van der Waals surface area contributed by atoms with Crippen LogP contribution in [0.3, 0.4) is 0 Å². The van der Waals surface area contributed by atoms with Gasteiger partial charge in [-0.1, -0.05) is 13.8 Å². The molecule has 1 saturated heterocycles. The summed E-state index contributed by atoms with van der Waals surface area (Å²) in [6.07, 6.45) is 3.27. The van der Waals surface area contributed by atoms with Crippen molar-refractivity contribution in [3.63, 3.8) is 0 Å². The third kappa shape index (κ3) is 5.49. The van der Waals surface area contributed by atoms with Crippen LogP contribution in [0.25, 0.3) is 0 Å². The second-order valence-corrected chi connectivity index (χ2v) is 5.34. The van der Waals surface area contributed by atoms with Gasteiger partial charge in [-0.25, -0.2) is 0 Å². The van der Waals surface area contributed by atoms with Crippen molar-refractivity contribution in [2.24, 2.45) is 5.92 Å². The molecule has 1 amide bonds. The lowest BCUT2D eigenvalue weighted by Gasteiger charge is -2.29. The van der Waals surface area contributed by atoms with Gasteiger partial charge in [0, 0.05) is 19.6 Å². The molecule has 112 valence electrons. The molecule has 0 spiro atoms. The fraction of sp³-hybridized carbons (Fsp3) is 0.933. The third-order valence-electron chi connectivity index (χ3n) is 4.14. The highest BCUT2D eigenvalue weighted by Gasteiger charge is 2.24. The van der Waals surface area contributed by atoms with Crippen molar-refractivity contribution in [2.75, 3.05) is 45.8 Å². The lowest BCUT2D eigenvalue weighted by Crippen LogP contribution is -2.43. The third-order valence-corrected chi connectivity index (χ3v) is 4.14. The van der Waals surface area contributed by atoms with E-state index >= 15 is 0 Å². The minimum atomic E-state index is 0.210. The molecule has 1 heterocycles. The number of rotatable bonds is 8. The number of hydrogen-bond donors (Lipinski definition) is 1. The van der Waals surface area contributed by atoms with Gasteiger partial charge in [-0.3, -0.25) is 4.79 Å². The summed E-state index contributed by atoms with van der Waals surface area (Å²) in [5.41, 5.74) is 0. The van der Waals surface area contributed by atoms with Crippen LogP contribution in [0.5, 0.6) is 0 Å². The smallest absolute Gasteiger partial charge is 0.226 e. The quantitative estimate of drug-likeness (QED) is 0.726. The number of nitrogens with one attached hydrogen (secondary N) is 1. The summed E-state index contributed by atoms with van der Waals surface area (Å²) in [5.74, 6) is 0.566. The Bertz CT molecular complexity index is 248. The van der Waals surface area contributed by atoms with Crippen molar-refractivity contribution in [3.8, 4) is 0 Å². The maximum Gasteiger partial charge on any atom is 0.226 e. The predicted molar refractivity (Wildman–Crippen MR) is 80.3 cm³/mol. The first-order chi connectivity index (χ1) is 9.22. The van der Waals surface area contributed by atoms with E-state index in [1.54, 1.807) is 0 Å². The van der Waals surface area contributed by atoms with Crippen molar-refractivity contribution in [1.29, 1.82) is 0 Å². The van der Waals surface area contributed by atoms with Crippen LogP contribution in [0.2, 0.25) is 0 Å². The second kappa shape index (κ2) is 9.32. The molecule has 1 aliphatic rings. The van der Waals surface area contributed by atoms with Gasteiger partial charge in [-0.2, -0.15) is 0 Å². The summed E-state index contributed by atoms with van der Waals surface area (Å²) in [5, 5.41) is 3.33. The van der Waals surface area contributed by atoms with Crippen molar-refractivity contribution >= 4 is 5.91 Å².